The van der Waals surface area contributed by atoms with Crippen LogP contribution in [-0.4, -0.2) is 44.1 Å². The van der Waals surface area contributed by atoms with Gasteiger partial charge in [-0.3, -0.25) is 9.36 Å². The third-order valence-corrected chi connectivity index (χ3v) is 6.89. The normalized spacial score (nSPS) is 12.8. The van der Waals surface area contributed by atoms with Crippen molar-refractivity contribution in [2.75, 3.05) is 11.9 Å². The van der Waals surface area contributed by atoms with Crippen molar-refractivity contribution in [3.63, 3.8) is 0 Å². The van der Waals surface area contributed by atoms with Gasteiger partial charge in [0.25, 0.3) is 6.08 Å². The molecule has 1 aliphatic rings. The zero-order valence-corrected chi connectivity index (χ0v) is 21.6. The summed E-state index contributed by atoms with van der Waals surface area (Å²) in [5.41, 5.74) is 8.67. The number of hydrogen-bond acceptors (Lipinski definition) is 6. The van der Waals surface area contributed by atoms with Gasteiger partial charge in [-0.1, -0.05) is 0 Å². The SMILES string of the molecule is Cc1cc(-c2ccc(Cn3c(C)nn(CC(CN)=C(F)F)c3=O)s2)cc2c1NC(=O)CC2.O=C(O)C(F)(F)F. The van der Waals surface area contributed by atoms with Crippen LogP contribution in [0.3, 0.4) is 0 Å². The van der Waals surface area contributed by atoms with Crippen molar-refractivity contribution >= 4 is 28.9 Å². The largest absolute Gasteiger partial charge is 0.490 e. The first-order valence-electron chi connectivity index (χ1n) is 11.4. The van der Waals surface area contributed by atoms with E-state index in [-0.39, 0.29) is 24.6 Å². The number of aromatic nitrogens is 3. The van der Waals surface area contributed by atoms with E-state index in [0.717, 1.165) is 36.8 Å². The van der Waals surface area contributed by atoms with E-state index < -0.39 is 23.9 Å². The number of thiophene rings is 1. The van der Waals surface area contributed by atoms with Crippen LogP contribution in [0.1, 0.15) is 28.2 Å². The number of amides is 1. The fourth-order valence-electron chi connectivity index (χ4n) is 3.82. The van der Waals surface area contributed by atoms with Crippen LogP contribution in [0, 0.1) is 13.8 Å². The Balaban J connectivity index is 0.000000532. The highest BCUT2D eigenvalue weighted by Crippen LogP contribution is 2.35. The lowest BCUT2D eigenvalue weighted by molar-refractivity contribution is -0.192. The monoisotopic (exact) mass is 573 g/mol. The number of aryl methyl sites for hydroxylation is 3. The van der Waals surface area contributed by atoms with Gasteiger partial charge in [0.2, 0.25) is 5.91 Å². The quantitative estimate of drug-likeness (QED) is 0.381. The van der Waals surface area contributed by atoms with Crippen molar-refractivity contribution in [2.45, 2.75) is 46.0 Å². The molecule has 4 rings (SSSR count). The van der Waals surface area contributed by atoms with E-state index in [0.29, 0.717) is 25.2 Å². The highest BCUT2D eigenvalue weighted by molar-refractivity contribution is 7.15. The van der Waals surface area contributed by atoms with E-state index in [1.807, 2.05) is 25.1 Å². The Morgan fingerprint density at radius 3 is 2.44 bits per heavy atom. The van der Waals surface area contributed by atoms with Crippen molar-refractivity contribution in [3.8, 4) is 10.4 Å². The van der Waals surface area contributed by atoms with Crippen molar-refractivity contribution in [2.24, 2.45) is 5.73 Å². The first-order chi connectivity index (χ1) is 18.2. The van der Waals surface area contributed by atoms with Crippen LogP contribution in [0.5, 0.6) is 0 Å². The summed E-state index contributed by atoms with van der Waals surface area (Å²) in [5.74, 6) is -2.27. The van der Waals surface area contributed by atoms with Gasteiger partial charge in [-0.05, 0) is 61.2 Å². The lowest BCUT2D eigenvalue weighted by atomic mass is 9.96. The minimum absolute atomic E-state index is 0.0384. The van der Waals surface area contributed by atoms with Crippen molar-refractivity contribution in [1.29, 1.82) is 0 Å². The first kappa shape index (κ1) is 29.7. The molecule has 3 heterocycles. The van der Waals surface area contributed by atoms with Crippen LogP contribution in [0.2, 0.25) is 0 Å². The summed E-state index contributed by atoms with van der Waals surface area (Å²) >= 11 is 1.56. The summed E-state index contributed by atoms with van der Waals surface area (Å²) in [7, 11) is 0. The maximum Gasteiger partial charge on any atom is 0.490 e. The average molecular weight is 574 g/mol. The summed E-state index contributed by atoms with van der Waals surface area (Å²) in [6, 6.07) is 8.09. The van der Waals surface area contributed by atoms with Gasteiger partial charge < -0.3 is 16.2 Å². The summed E-state index contributed by atoms with van der Waals surface area (Å²) < 4.78 is 60.1. The van der Waals surface area contributed by atoms with E-state index in [9.17, 15) is 31.5 Å². The van der Waals surface area contributed by atoms with E-state index in [4.69, 9.17) is 15.6 Å². The fourth-order valence-corrected chi connectivity index (χ4v) is 4.80. The Morgan fingerprint density at radius 2 is 1.85 bits per heavy atom. The Labute approximate surface area is 222 Å². The molecule has 3 aromatic rings. The van der Waals surface area contributed by atoms with Crippen molar-refractivity contribution < 1.29 is 36.6 Å². The van der Waals surface area contributed by atoms with Crippen molar-refractivity contribution in [3.05, 3.63) is 68.2 Å². The summed E-state index contributed by atoms with van der Waals surface area (Å²) in [6.07, 6.45) is -5.78. The van der Waals surface area contributed by atoms with Crippen LogP contribution < -0.4 is 16.7 Å². The van der Waals surface area contributed by atoms with Gasteiger partial charge in [0.1, 0.15) is 5.82 Å². The molecule has 0 aliphatic carbocycles. The number of nitrogens with two attached hydrogens (primary N) is 1. The average Bonchev–Trinajstić information content (AvgIpc) is 3.42. The molecule has 0 fully saturated rings. The molecule has 15 heteroatoms. The Hall–Kier alpha value is -3.85. The maximum atomic E-state index is 12.9. The Bertz CT molecular complexity index is 1480. The van der Waals surface area contributed by atoms with Gasteiger partial charge in [0.15, 0.2) is 0 Å². The predicted molar refractivity (Wildman–Crippen MR) is 134 cm³/mol. The zero-order valence-electron chi connectivity index (χ0n) is 20.7. The standard InChI is InChI=1S/C22H23F2N5O2S.C2HF3O2/c1-12-7-15(8-14-3-6-19(30)26-20(12)14)18-5-4-17(32-18)11-28-13(2)27-29(22(28)31)10-16(9-25)21(23)24;3-2(4,5)1(6)7/h4-5,7-8H,3,6,9-11,25H2,1-2H3,(H,26,30);(H,6,7). The van der Waals surface area contributed by atoms with Gasteiger partial charge in [-0.25, -0.2) is 14.3 Å². The van der Waals surface area contributed by atoms with Gasteiger partial charge in [-0.15, -0.1) is 11.3 Å². The number of halogens is 5. The second-order valence-electron chi connectivity index (χ2n) is 8.59. The number of benzene rings is 1. The number of carbonyl (C=O) groups excluding carboxylic acids is 1. The number of anilines is 1. The molecule has 1 aromatic carbocycles. The Kier molecular flexibility index (Phi) is 9.07. The molecular weight excluding hydrogens is 549 g/mol. The summed E-state index contributed by atoms with van der Waals surface area (Å²) in [4.78, 5) is 35.3. The summed E-state index contributed by atoms with van der Waals surface area (Å²) in [5, 5.41) is 14.2. The fraction of sp³-hybridized carbons (Fsp3) is 0.333. The Morgan fingerprint density at radius 1 is 1.18 bits per heavy atom. The molecule has 9 nitrogen and oxygen atoms in total. The topological polar surface area (TPSA) is 132 Å². The molecule has 210 valence electrons. The number of carboxylic acids is 1. The minimum Gasteiger partial charge on any atom is -0.475 e. The number of nitrogens with zero attached hydrogens (tertiary/aromatic N) is 3. The van der Waals surface area contributed by atoms with Gasteiger partial charge in [-0.2, -0.15) is 27.1 Å². The van der Waals surface area contributed by atoms with Gasteiger partial charge in [0.05, 0.1) is 13.1 Å². The highest BCUT2D eigenvalue weighted by atomic mass is 32.1. The predicted octanol–water partition coefficient (Wildman–Crippen LogP) is 4.07. The van der Waals surface area contributed by atoms with E-state index in [2.05, 4.69) is 16.5 Å². The number of fused-ring (bicyclic) bond motifs is 1. The van der Waals surface area contributed by atoms with Crippen LogP contribution in [0.25, 0.3) is 10.4 Å². The molecule has 1 amide bonds. The number of nitrogens with one attached hydrogen (secondary N) is 1. The lowest BCUT2D eigenvalue weighted by Gasteiger charge is -2.20. The lowest BCUT2D eigenvalue weighted by Crippen LogP contribution is -2.27. The molecule has 2 aromatic heterocycles. The molecular formula is C24H24F5N5O4S. The highest BCUT2D eigenvalue weighted by Gasteiger charge is 2.38. The maximum absolute atomic E-state index is 12.9. The third-order valence-electron chi connectivity index (χ3n) is 5.77. The van der Waals surface area contributed by atoms with Crippen LogP contribution in [0.4, 0.5) is 27.6 Å². The molecule has 0 spiro atoms. The minimum atomic E-state index is -5.08. The molecule has 0 saturated heterocycles. The van der Waals surface area contributed by atoms with E-state index >= 15 is 0 Å². The molecule has 0 unspecified atom stereocenters. The first-order valence-corrected chi connectivity index (χ1v) is 12.2. The molecule has 39 heavy (non-hydrogen) atoms. The second kappa shape index (κ2) is 11.9. The van der Waals surface area contributed by atoms with E-state index in [1.165, 1.54) is 4.57 Å². The van der Waals surface area contributed by atoms with Crippen molar-refractivity contribution in [1.82, 2.24) is 14.3 Å². The van der Waals surface area contributed by atoms with Gasteiger partial charge >= 0.3 is 17.8 Å². The molecule has 0 bridgehead atoms. The molecule has 0 radical (unpaired) electrons. The number of carbonyl (C=O) groups is 2. The van der Waals surface area contributed by atoms with Crippen LogP contribution in [0.15, 0.2) is 40.7 Å². The van der Waals surface area contributed by atoms with Gasteiger partial charge in [0, 0.05) is 34.0 Å². The molecule has 0 saturated carbocycles. The smallest absolute Gasteiger partial charge is 0.475 e. The second-order valence-corrected chi connectivity index (χ2v) is 9.75. The molecule has 1 aliphatic heterocycles. The number of alkyl halides is 3. The number of carboxylic acid groups (broad SMARTS) is 1. The number of hydrogen-bond donors (Lipinski definition) is 3. The molecule has 4 N–H and O–H groups in total. The molecule has 0 atom stereocenters. The number of aliphatic carboxylic acids is 1. The van der Waals surface area contributed by atoms with E-state index in [1.54, 1.807) is 18.3 Å². The third kappa shape index (κ3) is 7.17. The zero-order chi connectivity index (χ0) is 29.1. The van der Waals surface area contributed by atoms with Crippen LogP contribution in [-0.2, 0) is 29.1 Å². The van der Waals surface area contributed by atoms with Crippen LogP contribution >= 0.6 is 11.3 Å². The summed E-state index contributed by atoms with van der Waals surface area (Å²) in [6.45, 7) is 3.29. The number of rotatable bonds is 6.